The zero-order valence-corrected chi connectivity index (χ0v) is 20.8. The van der Waals surface area contributed by atoms with E-state index in [1.54, 1.807) is 6.07 Å². The molecule has 0 unspecified atom stereocenters. The fourth-order valence-electron chi connectivity index (χ4n) is 5.30. The van der Waals surface area contributed by atoms with Gasteiger partial charge in [-0.15, -0.1) is 0 Å². The van der Waals surface area contributed by atoms with Gasteiger partial charge in [-0.25, -0.2) is 4.79 Å². The molecule has 0 aromatic heterocycles. The van der Waals surface area contributed by atoms with Gasteiger partial charge in [-0.3, -0.25) is 10.1 Å². The second kappa shape index (κ2) is 10.1. The highest BCUT2D eigenvalue weighted by Crippen LogP contribution is 2.51. The largest absolute Gasteiger partial charge is 0.346 e. The van der Waals surface area contributed by atoms with Gasteiger partial charge in [0.25, 0.3) is 5.69 Å². The maximum atomic E-state index is 12.4. The maximum Gasteiger partial charge on any atom is 0.335 e. The van der Waals surface area contributed by atoms with Gasteiger partial charge >= 0.3 is 5.97 Å². The van der Waals surface area contributed by atoms with Crippen LogP contribution >= 0.6 is 0 Å². The number of carbonyl (C=O) groups excluding carboxylic acids is 1. The molecule has 190 valence electrons. The number of hydrogen-bond acceptors (Lipinski definition) is 7. The molecule has 2 aromatic carbocycles. The summed E-state index contributed by atoms with van der Waals surface area (Å²) in [4.78, 5) is 28.7. The van der Waals surface area contributed by atoms with Crippen molar-refractivity contribution in [3.8, 4) is 11.1 Å². The molecular weight excluding hydrogens is 460 g/mol. The van der Waals surface area contributed by atoms with Crippen molar-refractivity contribution in [1.82, 2.24) is 0 Å². The van der Waals surface area contributed by atoms with E-state index >= 15 is 0 Å². The van der Waals surface area contributed by atoms with E-state index in [0.717, 1.165) is 35.1 Å². The summed E-state index contributed by atoms with van der Waals surface area (Å²) in [5.41, 5.74) is 4.55. The Morgan fingerprint density at radius 1 is 0.972 bits per heavy atom. The van der Waals surface area contributed by atoms with Gasteiger partial charge in [-0.05, 0) is 59.9 Å². The van der Waals surface area contributed by atoms with Crippen molar-refractivity contribution in [3.63, 3.8) is 0 Å². The molecule has 8 nitrogen and oxygen atoms in total. The number of hydrogen-bond donors (Lipinski definition) is 0. The minimum atomic E-state index is -1.28. The van der Waals surface area contributed by atoms with Gasteiger partial charge in [0.1, 0.15) is 0 Å². The standard InChI is InChI=1S/C28H32N2O6/c1-34-28(35-2)24-16-20(10-12-22(24)23-13-11-21(30(32)33)17-25(23)28)26(14-8-19-6-7-19)29-36-27(31)15-9-18-4-3-5-18/h10-13,16-19H,3-9,14-15H2,1-2H3/b29-26-. The van der Waals surface area contributed by atoms with Crippen molar-refractivity contribution >= 4 is 17.4 Å². The van der Waals surface area contributed by atoms with Crippen LogP contribution in [0.15, 0.2) is 41.6 Å². The van der Waals surface area contributed by atoms with E-state index < -0.39 is 10.7 Å². The highest BCUT2D eigenvalue weighted by Gasteiger charge is 2.45. The molecule has 2 fully saturated rings. The van der Waals surface area contributed by atoms with Gasteiger partial charge in [0.15, 0.2) is 0 Å². The molecule has 3 aliphatic carbocycles. The molecule has 0 radical (unpaired) electrons. The first-order valence-electron chi connectivity index (χ1n) is 12.8. The minimum absolute atomic E-state index is 0.0271. The summed E-state index contributed by atoms with van der Waals surface area (Å²) in [7, 11) is 3.06. The Hall–Kier alpha value is -3.10. The lowest BCUT2D eigenvalue weighted by atomic mass is 9.82. The number of rotatable bonds is 11. The number of oxime groups is 1. The predicted octanol–water partition coefficient (Wildman–Crippen LogP) is 6.09. The van der Waals surface area contributed by atoms with E-state index in [-0.39, 0.29) is 11.7 Å². The molecule has 0 spiro atoms. The Labute approximate surface area is 210 Å². The molecule has 0 amide bonds. The third-order valence-electron chi connectivity index (χ3n) is 7.87. The number of carbonyl (C=O) groups is 1. The van der Waals surface area contributed by atoms with Crippen molar-refractivity contribution in [2.45, 2.75) is 63.6 Å². The van der Waals surface area contributed by atoms with Crippen LogP contribution in [-0.2, 0) is 24.9 Å². The summed E-state index contributed by atoms with van der Waals surface area (Å²) in [5, 5.41) is 15.8. The maximum absolute atomic E-state index is 12.4. The first-order valence-corrected chi connectivity index (χ1v) is 12.8. The van der Waals surface area contributed by atoms with E-state index in [0.29, 0.717) is 36.0 Å². The molecule has 0 saturated heterocycles. The quantitative estimate of drug-likeness (QED) is 0.124. The SMILES string of the molecule is COC1(OC)c2cc(/C(CCC3CC3)=N\OC(=O)CCC3CCC3)ccc2-c2ccc([N+](=O)[O-])cc21. The summed E-state index contributed by atoms with van der Waals surface area (Å²) < 4.78 is 11.8. The molecule has 0 N–H and O–H groups in total. The smallest absolute Gasteiger partial charge is 0.335 e. The van der Waals surface area contributed by atoms with Crippen LogP contribution in [0.25, 0.3) is 11.1 Å². The lowest BCUT2D eigenvalue weighted by Crippen LogP contribution is -2.30. The van der Waals surface area contributed by atoms with Crippen LogP contribution < -0.4 is 0 Å². The second-order valence-electron chi connectivity index (χ2n) is 10.1. The van der Waals surface area contributed by atoms with Gasteiger partial charge in [-0.1, -0.05) is 49.4 Å². The summed E-state index contributed by atoms with van der Waals surface area (Å²) >= 11 is 0. The molecule has 0 atom stereocenters. The van der Waals surface area contributed by atoms with E-state index in [4.69, 9.17) is 14.3 Å². The van der Waals surface area contributed by atoms with Gasteiger partial charge in [0.05, 0.1) is 10.6 Å². The number of fused-ring (bicyclic) bond motifs is 3. The molecular formula is C28H32N2O6. The molecule has 0 heterocycles. The zero-order chi connectivity index (χ0) is 25.3. The molecule has 2 saturated carbocycles. The van der Waals surface area contributed by atoms with Crippen molar-refractivity contribution in [1.29, 1.82) is 0 Å². The third-order valence-corrected chi connectivity index (χ3v) is 7.87. The fourth-order valence-corrected chi connectivity index (χ4v) is 5.30. The number of ether oxygens (including phenoxy) is 2. The monoisotopic (exact) mass is 492 g/mol. The van der Waals surface area contributed by atoms with Crippen LogP contribution in [0.4, 0.5) is 5.69 Å². The van der Waals surface area contributed by atoms with Crippen LogP contribution in [0, 0.1) is 22.0 Å². The topological polar surface area (TPSA) is 100 Å². The number of methoxy groups -OCH3 is 2. The average Bonchev–Trinajstić information content (AvgIpc) is 3.64. The summed E-state index contributed by atoms with van der Waals surface area (Å²) in [5.74, 6) is -0.245. The zero-order valence-electron chi connectivity index (χ0n) is 20.8. The summed E-state index contributed by atoms with van der Waals surface area (Å²) in [6, 6.07) is 10.6. The van der Waals surface area contributed by atoms with Crippen molar-refractivity contribution < 1.29 is 24.0 Å². The number of nitro benzene ring substituents is 1. The van der Waals surface area contributed by atoms with E-state index in [1.807, 2.05) is 18.2 Å². The average molecular weight is 493 g/mol. The first kappa shape index (κ1) is 24.6. The molecule has 0 bridgehead atoms. The van der Waals surface area contributed by atoms with Crippen molar-refractivity contribution in [2.75, 3.05) is 14.2 Å². The Morgan fingerprint density at radius 3 is 2.22 bits per heavy atom. The fraction of sp³-hybridized carbons (Fsp3) is 0.500. The van der Waals surface area contributed by atoms with E-state index in [2.05, 4.69) is 5.16 Å². The van der Waals surface area contributed by atoms with E-state index in [9.17, 15) is 14.9 Å². The highest BCUT2D eigenvalue weighted by atomic mass is 16.7. The van der Waals surface area contributed by atoms with Gasteiger partial charge < -0.3 is 14.3 Å². The number of nitrogens with zero attached hydrogens (tertiary/aromatic N) is 2. The Morgan fingerprint density at radius 2 is 1.61 bits per heavy atom. The normalized spacial score (nSPS) is 18.3. The van der Waals surface area contributed by atoms with Gasteiger partial charge in [0.2, 0.25) is 5.79 Å². The summed E-state index contributed by atoms with van der Waals surface area (Å²) in [6.45, 7) is 0. The molecule has 36 heavy (non-hydrogen) atoms. The third kappa shape index (κ3) is 4.67. The Kier molecular flexibility index (Phi) is 6.90. The summed E-state index contributed by atoms with van der Waals surface area (Å²) in [6.07, 6.45) is 9.04. The molecule has 5 rings (SSSR count). The number of non-ortho nitro benzene ring substituents is 1. The lowest BCUT2D eigenvalue weighted by molar-refractivity contribution is -0.385. The van der Waals surface area contributed by atoms with Crippen LogP contribution in [-0.4, -0.2) is 30.8 Å². The highest BCUT2D eigenvalue weighted by molar-refractivity contribution is 6.01. The van der Waals surface area contributed by atoms with Crippen LogP contribution in [0.2, 0.25) is 0 Å². The minimum Gasteiger partial charge on any atom is -0.346 e. The molecule has 8 heteroatoms. The van der Waals surface area contributed by atoms with Gasteiger partial charge in [-0.2, -0.15) is 0 Å². The predicted molar refractivity (Wildman–Crippen MR) is 134 cm³/mol. The number of nitro groups is 1. The van der Waals surface area contributed by atoms with Crippen LogP contribution in [0.1, 0.15) is 74.5 Å². The van der Waals surface area contributed by atoms with Gasteiger partial charge in [0, 0.05) is 43.9 Å². The first-order chi connectivity index (χ1) is 17.4. The second-order valence-corrected chi connectivity index (χ2v) is 10.1. The van der Waals surface area contributed by atoms with Crippen LogP contribution in [0.3, 0.4) is 0 Å². The number of benzene rings is 2. The van der Waals surface area contributed by atoms with Crippen molar-refractivity contribution in [2.24, 2.45) is 17.0 Å². The van der Waals surface area contributed by atoms with Crippen LogP contribution in [0.5, 0.6) is 0 Å². The molecule has 3 aliphatic rings. The Balaban J connectivity index is 1.45. The molecule has 0 aliphatic heterocycles. The lowest BCUT2D eigenvalue weighted by Gasteiger charge is -2.28. The molecule has 2 aromatic rings. The van der Waals surface area contributed by atoms with Crippen molar-refractivity contribution in [3.05, 3.63) is 63.2 Å². The van der Waals surface area contributed by atoms with E-state index in [1.165, 1.54) is 58.5 Å². The Bertz CT molecular complexity index is 1190.